The smallest absolute Gasteiger partial charge is 0.224 e. The topological polar surface area (TPSA) is 72.2 Å². The number of hydrogen-bond acceptors (Lipinski definition) is 2. The van der Waals surface area contributed by atoms with Gasteiger partial charge in [0.15, 0.2) is 0 Å². The van der Waals surface area contributed by atoms with Gasteiger partial charge in [-0.15, -0.1) is 0 Å². The highest BCUT2D eigenvalue weighted by Gasteiger charge is 2.08. The van der Waals surface area contributed by atoms with Crippen molar-refractivity contribution in [2.45, 2.75) is 12.8 Å². The molecule has 0 aliphatic carbocycles. The molecule has 1 rings (SSSR count). The van der Waals surface area contributed by atoms with Gasteiger partial charge in [-0.1, -0.05) is 15.9 Å². The van der Waals surface area contributed by atoms with Gasteiger partial charge in [-0.25, -0.2) is 4.39 Å². The highest BCUT2D eigenvalue weighted by atomic mass is 79.9. The number of hydrogen-bond donors (Lipinski definition) is 2. The average Bonchev–Trinajstić information content (AvgIpc) is 2.23. The van der Waals surface area contributed by atoms with Crippen LogP contribution in [0.5, 0.6) is 0 Å². The molecular weight excluding hydrogens is 291 g/mol. The molecule has 0 atom stereocenters. The molecule has 0 spiro atoms. The molecule has 0 saturated carbocycles. The van der Waals surface area contributed by atoms with E-state index in [1.54, 1.807) is 12.1 Å². The minimum Gasteiger partial charge on any atom is -0.370 e. The first-order valence-corrected chi connectivity index (χ1v) is 5.77. The molecule has 2 amide bonds. The molecule has 1 aromatic rings. The molecule has 0 saturated heterocycles. The SMILES string of the molecule is NC(=O)CCNC(=O)Cc1cc(Br)ccc1F. The summed E-state index contributed by atoms with van der Waals surface area (Å²) in [6.07, 6.45) is 0.0107. The lowest BCUT2D eigenvalue weighted by Crippen LogP contribution is -2.29. The zero-order chi connectivity index (χ0) is 12.8. The zero-order valence-corrected chi connectivity index (χ0v) is 10.6. The molecular formula is C11H12BrFN2O2. The monoisotopic (exact) mass is 302 g/mol. The standard InChI is InChI=1S/C11H12BrFN2O2/c12-8-1-2-9(13)7(5-8)6-11(17)15-4-3-10(14)16/h1-2,5H,3-4,6H2,(H2,14,16)(H,15,17). The Balaban J connectivity index is 2.50. The first kappa shape index (κ1) is 13.6. The van der Waals surface area contributed by atoms with Crippen LogP contribution in [0.25, 0.3) is 0 Å². The normalized spacial score (nSPS) is 10.0. The van der Waals surface area contributed by atoms with Gasteiger partial charge in [0, 0.05) is 17.4 Å². The van der Waals surface area contributed by atoms with Gasteiger partial charge in [0.2, 0.25) is 11.8 Å². The Morgan fingerprint density at radius 3 is 2.76 bits per heavy atom. The van der Waals surface area contributed by atoms with E-state index in [2.05, 4.69) is 21.2 Å². The predicted octanol–water partition coefficient (Wildman–Crippen LogP) is 1.12. The Kier molecular flexibility index (Phi) is 5.09. The molecule has 0 aliphatic rings. The summed E-state index contributed by atoms with van der Waals surface area (Å²) in [5.74, 6) is -1.26. The van der Waals surface area contributed by atoms with Gasteiger partial charge in [0.05, 0.1) is 6.42 Å². The number of carbonyl (C=O) groups excluding carboxylic acids is 2. The van der Waals surface area contributed by atoms with Crippen LogP contribution < -0.4 is 11.1 Å². The molecule has 0 heterocycles. The molecule has 17 heavy (non-hydrogen) atoms. The number of amides is 2. The summed E-state index contributed by atoms with van der Waals surface area (Å²) >= 11 is 3.20. The number of carbonyl (C=O) groups is 2. The van der Waals surface area contributed by atoms with E-state index in [0.717, 1.165) is 0 Å². The van der Waals surface area contributed by atoms with Crippen LogP contribution >= 0.6 is 15.9 Å². The third kappa shape index (κ3) is 4.95. The molecule has 0 aliphatic heterocycles. The molecule has 1 aromatic carbocycles. The molecule has 92 valence electrons. The van der Waals surface area contributed by atoms with Crippen molar-refractivity contribution in [2.75, 3.05) is 6.54 Å². The van der Waals surface area contributed by atoms with Gasteiger partial charge < -0.3 is 11.1 Å². The summed E-state index contributed by atoms with van der Waals surface area (Å²) in [5.41, 5.74) is 5.22. The van der Waals surface area contributed by atoms with E-state index in [4.69, 9.17) is 5.73 Å². The lowest BCUT2D eigenvalue weighted by atomic mass is 10.1. The second kappa shape index (κ2) is 6.34. The average molecular weight is 303 g/mol. The van der Waals surface area contributed by atoms with Crippen LogP contribution in [0.1, 0.15) is 12.0 Å². The summed E-state index contributed by atoms with van der Waals surface area (Å²) in [4.78, 5) is 21.9. The minimum absolute atomic E-state index is 0.0654. The molecule has 6 heteroatoms. The third-order valence-corrected chi connectivity index (χ3v) is 2.55. The second-order valence-electron chi connectivity index (χ2n) is 3.48. The Bertz CT molecular complexity index is 437. The molecule has 4 nitrogen and oxygen atoms in total. The quantitative estimate of drug-likeness (QED) is 0.855. The van der Waals surface area contributed by atoms with Crippen LogP contribution in [0, 0.1) is 5.82 Å². The Labute approximate surface area is 107 Å². The molecule has 0 unspecified atom stereocenters. The van der Waals surface area contributed by atoms with Crippen LogP contribution in [0.15, 0.2) is 22.7 Å². The highest BCUT2D eigenvalue weighted by Crippen LogP contribution is 2.15. The predicted molar refractivity (Wildman–Crippen MR) is 64.6 cm³/mol. The maximum Gasteiger partial charge on any atom is 0.224 e. The largest absolute Gasteiger partial charge is 0.370 e. The van der Waals surface area contributed by atoms with E-state index in [0.29, 0.717) is 10.0 Å². The Morgan fingerprint density at radius 1 is 1.41 bits per heavy atom. The second-order valence-corrected chi connectivity index (χ2v) is 4.39. The number of nitrogens with one attached hydrogen (secondary N) is 1. The Hall–Kier alpha value is -1.43. The van der Waals surface area contributed by atoms with Crippen molar-refractivity contribution < 1.29 is 14.0 Å². The maximum absolute atomic E-state index is 13.3. The summed E-state index contributed by atoms with van der Waals surface area (Å²) < 4.78 is 14.0. The van der Waals surface area contributed by atoms with Gasteiger partial charge in [0.1, 0.15) is 5.82 Å². The Morgan fingerprint density at radius 2 is 2.12 bits per heavy atom. The van der Waals surface area contributed by atoms with Crippen molar-refractivity contribution in [1.82, 2.24) is 5.32 Å². The van der Waals surface area contributed by atoms with Crippen LogP contribution in [0.4, 0.5) is 4.39 Å². The highest BCUT2D eigenvalue weighted by molar-refractivity contribution is 9.10. The van der Waals surface area contributed by atoms with E-state index in [9.17, 15) is 14.0 Å². The van der Waals surface area contributed by atoms with Crippen molar-refractivity contribution in [3.05, 3.63) is 34.1 Å². The van der Waals surface area contributed by atoms with Gasteiger partial charge in [-0.3, -0.25) is 9.59 Å². The number of rotatable bonds is 5. The first-order valence-electron chi connectivity index (χ1n) is 4.98. The minimum atomic E-state index is -0.487. The van der Waals surface area contributed by atoms with E-state index in [-0.39, 0.29) is 25.3 Å². The molecule has 0 fully saturated rings. The summed E-state index contributed by atoms with van der Waals surface area (Å²) in [6.45, 7) is 0.170. The molecule has 0 bridgehead atoms. The van der Waals surface area contributed by atoms with E-state index in [1.165, 1.54) is 6.07 Å². The van der Waals surface area contributed by atoms with E-state index < -0.39 is 11.7 Å². The van der Waals surface area contributed by atoms with Gasteiger partial charge in [-0.2, -0.15) is 0 Å². The van der Waals surface area contributed by atoms with Crippen molar-refractivity contribution in [3.8, 4) is 0 Å². The van der Waals surface area contributed by atoms with E-state index in [1.807, 2.05) is 0 Å². The lowest BCUT2D eigenvalue weighted by Gasteiger charge is -2.05. The summed E-state index contributed by atoms with van der Waals surface area (Å²) in [5, 5.41) is 2.49. The first-order chi connectivity index (χ1) is 7.99. The van der Waals surface area contributed by atoms with Crippen LogP contribution in [0.3, 0.4) is 0 Å². The number of benzene rings is 1. The molecule has 0 aromatic heterocycles. The third-order valence-electron chi connectivity index (χ3n) is 2.05. The number of halogens is 2. The van der Waals surface area contributed by atoms with Gasteiger partial charge in [-0.05, 0) is 23.8 Å². The summed E-state index contributed by atoms with van der Waals surface area (Å²) in [6, 6.07) is 4.39. The van der Waals surface area contributed by atoms with Crippen LogP contribution in [-0.2, 0) is 16.0 Å². The maximum atomic E-state index is 13.3. The van der Waals surface area contributed by atoms with Crippen LogP contribution in [-0.4, -0.2) is 18.4 Å². The summed E-state index contributed by atoms with van der Waals surface area (Å²) in [7, 11) is 0. The van der Waals surface area contributed by atoms with Crippen molar-refractivity contribution in [3.63, 3.8) is 0 Å². The van der Waals surface area contributed by atoms with Crippen LogP contribution in [0.2, 0.25) is 0 Å². The van der Waals surface area contributed by atoms with Gasteiger partial charge in [0.25, 0.3) is 0 Å². The fourth-order valence-corrected chi connectivity index (χ4v) is 1.65. The lowest BCUT2D eigenvalue weighted by molar-refractivity contribution is -0.120. The van der Waals surface area contributed by atoms with E-state index >= 15 is 0 Å². The number of primary amides is 1. The fourth-order valence-electron chi connectivity index (χ4n) is 1.24. The van der Waals surface area contributed by atoms with Crippen molar-refractivity contribution in [2.24, 2.45) is 5.73 Å². The molecule has 0 radical (unpaired) electrons. The number of nitrogens with two attached hydrogens (primary N) is 1. The fraction of sp³-hybridized carbons (Fsp3) is 0.273. The van der Waals surface area contributed by atoms with Gasteiger partial charge >= 0.3 is 0 Å². The molecule has 3 N–H and O–H groups in total. The van der Waals surface area contributed by atoms with Crippen molar-refractivity contribution >= 4 is 27.7 Å². The zero-order valence-electron chi connectivity index (χ0n) is 9.00. The van der Waals surface area contributed by atoms with Crippen molar-refractivity contribution in [1.29, 1.82) is 0 Å².